The zero-order valence-electron chi connectivity index (χ0n) is 10.8. The summed E-state index contributed by atoms with van der Waals surface area (Å²) in [5.41, 5.74) is 1.81. The van der Waals surface area contributed by atoms with Crippen molar-refractivity contribution in [3.8, 4) is 5.75 Å². The van der Waals surface area contributed by atoms with E-state index >= 15 is 0 Å². The summed E-state index contributed by atoms with van der Waals surface area (Å²) in [5, 5.41) is 14.4. The van der Waals surface area contributed by atoms with Crippen LogP contribution in [0.15, 0.2) is 40.9 Å². The van der Waals surface area contributed by atoms with Crippen LogP contribution >= 0.6 is 39.1 Å². The molecule has 2 rings (SSSR count). The highest BCUT2D eigenvalue weighted by Crippen LogP contribution is 2.27. The summed E-state index contributed by atoms with van der Waals surface area (Å²) in [6, 6.07) is 10.9. The molecule has 0 saturated carbocycles. The van der Waals surface area contributed by atoms with Gasteiger partial charge in [0, 0.05) is 32.7 Å². The number of phenolic OH excluding ortho intramolecular Hbond substituents is 1. The highest BCUT2D eigenvalue weighted by molar-refractivity contribution is 9.10. The van der Waals surface area contributed by atoms with Crippen LogP contribution < -0.4 is 5.32 Å². The number of rotatable bonds is 4. The van der Waals surface area contributed by atoms with Gasteiger partial charge in [0.25, 0.3) is 0 Å². The minimum Gasteiger partial charge on any atom is -0.508 e. The van der Waals surface area contributed by atoms with E-state index in [1.807, 2.05) is 25.1 Å². The fourth-order valence-corrected chi connectivity index (χ4v) is 2.90. The van der Waals surface area contributed by atoms with Crippen LogP contribution in [-0.4, -0.2) is 5.11 Å². The minimum absolute atomic E-state index is 0.0538. The van der Waals surface area contributed by atoms with Gasteiger partial charge in [-0.1, -0.05) is 45.2 Å². The van der Waals surface area contributed by atoms with Gasteiger partial charge in [-0.3, -0.25) is 0 Å². The van der Waals surface area contributed by atoms with Crippen LogP contribution in [-0.2, 0) is 6.54 Å². The van der Waals surface area contributed by atoms with Crippen LogP contribution in [0.5, 0.6) is 5.75 Å². The van der Waals surface area contributed by atoms with Crippen molar-refractivity contribution in [3.63, 3.8) is 0 Å². The van der Waals surface area contributed by atoms with Crippen molar-refractivity contribution in [3.05, 3.63) is 62.0 Å². The smallest absolute Gasteiger partial charge is 0.120 e. The minimum atomic E-state index is 0.0538. The predicted octanol–water partition coefficient (Wildman–Crippen LogP) is 5.31. The van der Waals surface area contributed by atoms with Gasteiger partial charge in [0.1, 0.15) is 5.75 Å². The van der Waals surface area contributed by atoms with Crippen molar-refractivity contribution in [1.82, 2.24) is 5.32 Å². The first-order valence-corrected chi connectivity index (χ1v) is 7.68. The molecule has 5 heteroatoms. The first-order chi connectivity index (χ1) is 9.47. The second kappa shape index (κ2) is 6.81. The number of aromatic hydroxyl groups is 1. The lowest BCUT2D eigenvalue weighted by molar-refractivity contribution is 0.460. The van der Waals surface area contributed by atoms with Crippen molar-refractivity contribution in [1.29, 1.82) is 0 Å². The maximum Gasteiger partial charge on any atom is 0.120 e. The van der Waals surface area contributed by atoms with Gasteiger partial charge < -0.3 is 10.4 Å². The van der Waals surface area contributed by atoms with Crippen LogP contribution in [0.4, 0.5) is 0 Å². The molecule has 0 spiro atoms. The predicted molar refractivity (Wildman–Crippen MR) is 87.5 cm³/mol. The van der Waals surface area contributed by atoms with Crippen molar-refractivity contribution >= 4 is 39.1 Å². The molecule has 20 heavy (non-hydrogen) atoms. The van der Waals surface area contributed by atoms with Gasteiger partial charge in [0.2, 0.25) is 0 Å². The Morgan fingerprint density at radius 1 is 1.20 bits per heavy atom. The highest BCUT2D eigenvalue weighted by Gasteiger charge is 2.11. The molecular weight excluding hydrogens is 361 g/mol. The highest BCUT2D eigenvalue weighted by atomic mass is 79.9. The Kier molecular flexibility index (Phi) is 5.33. The van der Waals surface area contributed by atoms with Crippen LogP contribution in [0.2, 0.25) is 10.0 Å². The van der Waals surface area contributed by atoms with Crippen molar-refractivity contribution in [2.75, 3.05) is 0 Å². The molecule has 0 aliphatic rings. The third kappa shape index (κ3) is 3.89. The molecular formula is C15H14BrCl2NO. The maximum atomic E-state index is 9.81. The van der Waals surface area contributed by atoms with Gasteiger partial charge >= 0.3 is 0 Å². The van der Waals surface area contributed by atoms with Gasteiger partial charge in [-0.25, -0.2) is 0 Å². The first-order valence-electron chi connectivity index (χ1n) is 6.13. The molecule has 0 saturated heterocycles. The summed E-state index contributed by atoms with van der Waals surface area (Å²) in [7, 11) is 0. The maximum absolute atomic E-state index is 9.81. The number of hydrogen-bond donors (Lipinski definition) is 2. The lowest BCUT2D eigenvalue weighted by Gasteiger charge is -2.16. The van der Waals surface area contributed by atoms with Gasteiger partial charge in [0.15, 0.2) is 0 Å². The SMILES string of the molecule is CC(NCc1cc(Br)ccc1O)c1ccc(Cl)cc1Cl. The molecule has 2 aromatic carbocycles. The quantitative estimate of drug-likeness (QED) is 0.759. The molecule has 0 aliphatic carbocycles. The summed E-state index contributed by atoms with van der Waals surface area (Å²) < 4.78 is 0.935. The normalized spacial score (nSPS) is 12.4. The fraction of sp³-hybridized carbons (Fsp3) is 0.200. The number of benzene rings is 2. The molecule has 0 radical (unpaired) electrons. The number of hydrogen-bond acceptors (Lipinski definition) is 2. The lowest BCUT2D eigenvalue weighted by atomic mass is 10.1. The standard InChI is InChI=1S/C15H14BrCl2NO/c1-9(13-4-3-12(17)7-14(13)18)19-8-10-6-11(16)2-5-15(10)20/h2-7,9,19-20H,8H2,1H3. The fourth-order valence-electron chi connectivity index (χ4n) is 1.92. The molecule has 106 valence electrons. The lowest BCUT2D eigenvalue weighted by Crippen LogP contribution is -2.18. The Morgan fingerprint density at radius 3 is 2.65 bits per heavy atom. The topological polar surface area (TPSA) is 32.3 Å². The summed E-state index contributed by atoms with van der Waals surface area (Å²) >= 11 is 15.5. The zero-order valence-corrected chi connectivity index (χ0v) is 13.9. The van der Waals surface area contributed by atoms with E-state index in [4.69, 9.17) is 23.2 Å². The Labute approximate surface area is 136 Å². The average Bonchev–Trinajstić information content (AvgIpc) is 2.39. The first kappa shape index (κ1) is 15.6. The number of halogens is 3. The molecule has 0 fully saturated rings. The second-order valence-corrected chi connectivity index (χ2v) is 6.30. The van der Waals surface area contributed by atoms with Crippen LogP contribution in [0, 0.1) is 0 Å². The van der Waals surface area contributed by atoms with Crippen LogP contribution in [0.25, 0.3) is 0 Å². The molecule has 2 nitrogen and oxygen atoms in total. The van der Waals surface area contributed by atoms with E-state index in [1.54, 1.807) is 18.2 Å². The molecule has 0 bridgehead atoms. The van der Waals surface area contributed by atoms with E-state index in [0.717, 1.165) is 15.6 Å². The average molecular weight is 375 g/mol. The van der Waals surface area contributed by atoms with E-state index in [0.29, 0.717) is 16.6 Å². The Morgan fingerprint density at radius 2 is 1.95 bits per heavy atom. The van der Waals surface area contributed by atoms with Gasteiger partial charge in [0.05, 0.1) is 0 Å². The van der Waals surface area contributed by atoms with Crippen LogP contribution in [0.3, 0.4) is 0 Å². The summed E-state index contributed by atoms with van der Waals surface area (Å²) in [5.74, 6) is 0.273. The molecule has 0 aliphatic heterocycles. The molecule has 1 atom stereocenters. The van der Waals surface area contributed by atoms with Crippen molar-refractivity contribution < 1.29 is 5.11 Å². The van der Waals surface area contributed by atoms with E-state index in [1.165, 1.54) is 0 Å². The largest absolute Gasteiger partial charge is 0.508 e. The zero-order chi connectivity index (χ0) is 14.7. The molecule has 0 heterocycles. The van der Waals surface area contributed by atoms with Crippen molar-refractivity contribution in [2.45, 2.75) is 19.5 Å². The van der Waals surface area contributed by atoms with E-state index in [2.05, 4.69) is 21.2 Å². The number of nitrogens with one attached hydrogen (secondary N) is 1. The van der Waals surface area contributed by atoms with E-state index in [9.17, 15) is 5.11 Å². The summed E-state index contributed by atoms with van der Waals surface area (Å²) in [4.78, 5) is 0. The van der Waals surface area contributed by atoms with Crippen LogP contribution in [0.1, 0.15) is 24.1 Å². The van der Waals surface area contributed by atoms with E-state index < -0.39 is 0 Å². The molecule has 1 unspecified atom stereocenters. The monoisotopic (exact) mass is 373 g/mol. The Hall–Kier alpha value is -0.740. The van der Waals surface area contributed by atoms with Gasteiger partial charge in [-0.2, -0.15) is 0 Å². The summed E-state index contributed by atoms with van der Waals surface area (Å²) in [6.45, 7) is 2.57. The van der Waals surface area contributed by atoms with Gasteiger partial charge in [-0.15, -0.1) is 0 Å². The Bertz CT molecular complexity index is 619. The number of phenols is 1. The second-order valence-electron chi connectivity index (χ2n) is 4.54. The third-order valence-electron chi connectivity index (χ3n) is 3.07. The third-order valence-corrected chi connectivity index (χ3v) is 4.12. The molecule has 2 N–H and O–H groups in total. The van der Waals surface area contributed by atoms with Crippen molar-refractivity contribution in [2.24, 2.45) is 0 Å². The molecule has 2 aromatic rings. The molecule has 0 amide bonds. The van der Waals surface area contributed by atoms with E-state index in [-0.39, 0.29) is 11.8 Å². The van der Waals surface area contributed by atoms with Gasteiger partial charge in [-0.05, 0) is 42.8 Å². The Balaban J connectivity index is 2.08. The summed E-state index contributed by atoms with van der Waals surface area (Å²) in [6.07, 6.45) is 0. The molecule has 0 aromatic heterocycles.